The van der Waals surface area contributed by atoms with Crippen LogP contribution in [0.4, 0.5) is 0 Å². The second kappa shape index (κ2) is 6.14. The van der Waals surface area contributed by atoms with Crippen molar-refractivity contribution in [1.29, 1.82) is 0 Å². The van der Waals surface area contributed by atoms with Crippen LogP contribution < -0.4 is 0 Å². The molecule has 0 bridgehead atoms. The lowest BCUT2D eigenvalue weighted by Gasteiger charge is -2.52. The van der Waals surface area contributed by atoms with Gasteiger partial charge in [0.2, 0.25) is 0 Å². The third kappa shape index (κ3) is 5.20. The van der Waals surface area contributed by atoms with E-state index in [1.807, 2.05) is 0 Å². The SMILES string of the molecule is CCC(C)(C)C(C)C(C)(C)C(CC(C)(C)C)[Si](C)(C)C. The lowest BCUT2D eigenvalue weighted by Crippen LogP contribution is -2.46. The number of hydrogen-bond donors (Lipinski definition) is 0. The van der Waals surface area contributed by atoms with Crippen LogP contribution in [0.5, 0.6) is 0 Å². The van der Waals surface area contributed by atoms with E-state index < -0.39 is 8.07 Å². The maximum absolute atomic E-state index is 2.57. The molecule has 0 aliphatic rings. The first-order valence-corrected chi connectivity index (χ1v) is 12.1. The first-order valence-electron chi connectivity index (χ1n) is 8.55. The molecule has 0 spiro atoms. The quantitative estimate of drug-likeness (QED) is 0.454. The summed E-state index contributed by atoms with van der Waals surface area (Å²) in [6.07, 6.45) is 2.63. The van der Waals surface area contributed by atoms with E-state index in [-0.39, 0.29) is 0 Å². The van der Waals surface area contributed by atoms with Crippen molar-refractivity contribution in [1.82, 2.24) is 0 Å². The van der Waals surface area contributed by atoms with Crippen LogP contribution in [0.3, 0.4) is 0 Å². The second-order valence-corrected chi connectivity index (χ2v) is 16.0. The molecule has 0 aliphatic carbocycles. The fourth-order valence-corrected chi connectivity index (χ4v) is 7.62. The normalized spacial score (nSPS) is 18.0. The van der Waals surface area contributed by atoms with Gasteiger partial charge in [-0.15, -0.1) is 0 Å². The van der Waals surface area contributed by atoms with Crippen molar-refractivity contribution in [2.75, 3.05) is 0 Å². The van der Waals surface area contributed by atoms with Gasteiger partial charge in [0.1, 0.15) is 0 Å². The Morgan fingerprint density at radius 2 is 1.25 bits per heavy atom. The molecule has 2 unspecified atom stereocenters. The van der Waals surface area contributed by atoms with Crippen LogP contribution in [0.15, 0.2) is 0 Å². The summed E-state index contributed by atoms with van der Waals surface area (Å²) in [4.78, 5) is 0. The van der Waals surface area contributed by atoms with Gasteiger partial charge in [-0.3, -0.25) is 0 Å². The molecule has 0 nitrogen and oxygen atoms in total. The number of hydrogen-bond acceptors (Lipinski definition) is 0. The summed E-state index contributed by atoms with van der Waals surface area (Å²) >= 11 is 0. The average molecular weight is 299 g/mol. The molecular formula is C19H42Si. The third-order valence-corrected chi connectivity index (χ3v) is 9.00. The van der Waals surface area contributed by atoms with E-state index in [1.165, 1.54) is 12.8 Å². The van der Waals surface area contributed by atoms with Gasteiger partial charge in [0.05, 0.1) is 0 Å². The molecule has 20 heavy (non-hydrogen) atoms. The molecule has 0 saturated carbocycles. The summed E-state index contributed by atoms with van der Waals surface area (Å²) in [6, 6.07) is 0. The monoisotopic (exact) mass is 298 g/mol. The highest BCUT2D eigenvalue weighted by atomic mass is 28.3. The van der Waals surface area contributed by atoms with Crippen molar-refractivity contribution >= 4 is 8.07 Å². The molecule has 0 aliphatic heterocycles. The fraction of sp³-hybridized carbons (Fsp3) is 1.00. The van der Waals surface area contributed by atoms with E-state index in [2.05, 4.69) is 82.0 Å². The van der Waals surface area contributed by atoms with Crippen LogP contribution in [-0.2, 0) is 0 Å². The summed E-state index contributed by atoms with van der Waals surface area (Å²) in [5, 5.41) is 0. The Kier molecular flexibility index (Phi) is 6.21. The van der Waals surface area contributed by atoms with Crippen molar-refractivity contribution in [3.05, 3.63) is 0 Å². The van der Waals surface area contributed by atoms with Crippen LogP contribution >= 0.6 is 0 Å². The molecule has 0 amide bonds. The van der Waals surface area contributed by atoms with Crippen molar-refractivity contribution in [2.45, 2.75) is 100 Å². The van der Waals surface area contributed by atoms with Crippen LogP contribution in [0, 0.1) is 22.2 Å². The molecule has 0 saturated heterocycles. The summed E-state index contributed by atoms with van der Waals surface area (Å²) in [5.41, 5.74) is 2.14. The van der Waals surface area contributed by atoms with Gasteiger partial charge in [0.25, 0.3) is 0 Å². The van der Waals surface area contributed by atoms with Gasteiger partial charge in [0.15, 0.2) is 0 Å². The minimum absolute atomic E-state index is 0.414. The summed E-state index contributed by atoms with van der Waals surface area (Å²) in [7, 11) is -1.19. The topological polar surface area (TPSA) is 0 Å². The lowest BCUT2D eigenvalue weighted by atomic mass is 9.62. The zero-order valence-corrected chi connectivity index (χ0v) is 17.6. The highest BCUT2D eigenvalue weighted by Gasteiger charge is 2.47. The Bertz CT molecular complexity index is 299. The molecule has 0 rings (SSSR count). The summed E-state index contributed by atoms with van der Waals surface area (Å²) in [6.45, 7) is 29.8. The van der Waals surface area contributed by atoms with Crippen molar-refractivity contribution in [2.24, 2.45) is 22.2 Å². The predicted molar refractivity (Wildman–Crippen MR) is 98.2 cm³/mol. The van der Waals surface area contributed by atoms with Gasteiger partial charge in [-0.1, -0.05) is 88.4 Å². The van der Waals surface area contributed by atoms with E-state index >= 15 is 0 Å². The zero-order chi connectivity index (χ0) is 16.6. The van der Waals surface area contributed by atoms with Gasteiger partial charge in [-0.05, 0) is 34.1 Å². The van der Waals surface area contributed by atoms with Crippen LogP contribution in [-0.4, -0.2) is 8.07 Å². The lowest BCUT2D eigenvalue weighted by molar-refractivity contribution is 0.0645. The van der Waals surface area contributed by atoms with Crippen molar-refractivity contribution in [3.63, 3.8) is 0 Å². The van der Waals surface area contributed by atoms with Crippen molar-refractivity contribution in [3.8, 4) is 0 Å². The Hall–Kier alpha value is 0.217. The average Bonchev–Trinajstić information content (AvgIpc) is 2.22. The second-order valence-electron chi connectivity index (χ2n) is 10.6. The van der Waals surface area contributed by atoms with Gasteiger partial charge in [-0.25, -0.2) is 0 Å². The zero-order valence-electron chi connectivity index (χ0n) is 16.6. The Balaban J connectivity index is 5.56. The maximum atomic E-state index is 2.57. The molecule has 1 heteroatoms. The highest BCUT2D eigenvalue weighted by molar-refractivity contribution is 6.77. The maximum Gasteiger partial charge on any atom is 0.0479 e. The van der Waals surface area contributed by atoms with Crippen molar-refractivity contribution < 1.29 is 0 Å². The third-order valence-electron chi connectivity index (χ3n) is 5.96. The molecule has 0 N–H and O–H groups in total. The molecule has 0 heterocycles. The standard InChI is InChI=1S/C19H42Si/c1-13-18(6,7)15(2)19(8,9)16(20(10,11)12)14-17(3,4)5/h15-16H,13-14H2,1-12H3. The smallest absolute Gasteiger partial charge is 0.0479 e. The van der Waals surface area contributed by atoms with Gasteiger partial charge in [0, 0.05) is 8.07 Å². The minimum Gasteiger partial charge on any atom is -0.0693 e. The molecule has 0 radical (unpaired) electrons. The van der Waals surface area contributed by atoms with Crippen LogP contribution in [0.1, 0.15) is 75.2 Å². The molecule has 2 atom stereocenters. The number of rotatable bonds is 6. The molecule has 0 aromatic carbocycles. The first kappa shape index (κ1) is 20.2. The van der Waals surface area contributed by atoms with Gasteiger partial charge in [-0.2, -0.15) is 0 Å². The first-order chi connectivity index (χ1) is 8.55. The van der Waals surface area contributed by atoms with Gasteiger partial charge < -0.3 is 0 Å². The fourth-order valence-electron chi connectivity index (χ4n) is 3.91. The highest BCUT2D eigenvalue weighted by Crippen LogP contribution is 2.55. The van der Waals surface area contributed by atoms with E-state index in [0.717, 1.165) is 11.5 Å². The molecular weight excluding hydrogens is 256 g/mol. The molecule has 0 aromatic rings. The van der Waals surface area contributed by atoms with Crippen LogP contribution in [0.25, 0.3) is 0 Å². The van der Waals surface area contributed by atoms with E-state index in [1.54, 1.807) is 0 Å². The molecule has 122 valence electrons. The molecule has 0 aromatic heterocycles. The van der Waals surface area contributed by atoms with E-state index in [0.29, 0.717) is 16.2 Å². The Labute approximate surface area is 131 Å². The minimum atomic E-state index is -1.19. The predicted octanol–water partition coefficient (Wildman–Crippen LogP) is 7.23. The largest absolute Gasteiger partial charge is 0.0693 e. The Morgan fingerprint density at radius 1 is 0.850 bits per heavy atom. The van der Waals surface area contributed by atoms with Gasteiger partial charge >= 0.3 is 0 Å². The van der Waals surface area contributed by atoms with E-state index in [9.17, 15) is 0 Å². The van der Waals surface area contributed by atoms with Crippen LogP contribution in [0.2, 0.25) is 25.2 Å². The Morgan fingerprint density at radius 3 is 1.50 bits per heavy atom. The van der Waals surface area contributed by atoms with E-state index in [4.69, 9.17) is 0 Å². The molecule has 0 fully saturated rings. The summed E-state index contributed by atoms with van der Waals surface area (Å²) < 4.78 is 0. The summed E-state index contributed by atoms with van der Waals surface area (Å²) in [5.74, 6) is 0.749.